The summed E-state index contributed by atoms with van der Waals surface area (Å²) in [7, 11) is 0. The van der Waals surface area contributed by atoms with Gasteiger partial charge >= 0.3 is 0 Å². The minimum Gasteiger partial charge on any atom is -0.0758 e. The summed E-state index contributed by atoms with van der Waals surface area (Å²) in [6.45, 7) is 6.59. The van der Waals surface area contributed by atoms with E-state index in [1.807, 2.05) is 0 Å². The number of hydrogen-bond acceptors (Lipinski definition) is 0. The van der Waals surface area contributed by atoms with Crippen molar-refractivity contribution in [2.24, 2.45) is 5.92 Å². The molecule has 0 spiro atoms. The molecule has 0 nitrogen and oxygen atoms in total. The molecule has 2 aromatic rings. The summed E-state index contributed by atoms with van der Waals surface area (Å²) in [6.07, 6.45) is 12.1. The van der Waals surface area contributed by atoms with Gasteiger partial charge in [0.05, 0.1) is 0 Å². The van der Waals surface area contributed by atoms with Crippen LogP contribution in [-0.2, 0) is 0 Å². The van der Waals surface area contributed by atoms with Gasteiger partial charge in [-0.3, -0.25) is 0 Å². The van der Waals surface area contributed by atoms with Crippen molar-refractivity contribution in [3.8, 4) is 11.1 Å². The van der Waals surface area contributed by atoms with E-state index < -0.39 is 0 Å². The van der Waals surface area contributed by atoms with Crippen molar-refractivity contribution in [1.82, 2.24) is 0 Å². The molecule has 0 heterocycles. The van der Waals surface area contributed by atoms with E-state index in [1.54, 1.807) is 5.56 Å². The van der Waals surface area contributed by atoms with Crippen LogP contribution in [0, 0.1) is 5.92 Å². The zero-order chi connectivity index (χ0) is 18.4. The predicted molar refractivity (Wildman–Crippen MR) is 115 cm³/mol. The summed E-state index contributed by atoms with van der Waals surface area (Å²) in [6, 6.07) is 18.3. The summed E-state index contributed by atoms with van der Waals surface area (Å²) in [5.41, 5.74) is 6.81. The number of hydrogen-bond donors (Lipinski definition) is 0. The highest BCUT2D eigenvalue weighted by molar-refractivity contribution is 5.66. The van der Waals surface area contributed by atoms with Crippen molar-refractivity contribution in [2.45, 2.75) is 71.6 Å². The Bertz CT molecular complexity index is 691. The Morgan fingerprint density at radius 1 is 0.846 bits per heavy atom. The van der Waals surface area contributed by atoms with Crippen molar-refractivity contribution in [3.63, 3.8) is 0 Å². The number of unbranched alkanes of at least 4 members (excludes halogenated alkanes) is 1. The lowest BCUT2D eigenvalue weighted by atomic mass is 9.77. The van der Waals surface area contributed by atoms with Gasteiger partial charge in [0, 0.05) is 0 Å². The maximum atomic E-state index is 2.37. The van der Waals surface area contributed by atoms with Gasteiger partial charge in [-0.15, -0.1) is 0 Å². The summed E-state index contributed by atoms with van der Waals surface area (Å²) in [5.74, 6) is 1.77. The van der Waals surface area contributed by atoms with E-state index in [4.69, 9.17) is 0 Å². The largest absolute Gasteiger partial charge is 0.0758 e. The zero-order valence-electron chi connectivity index (χ0n) is 16.8. The van der Waals surface area contributed by atoms with E-state index in [1.165, 1.54) is 67.2 Å². The number of benzene rings is 2. The van der Waals surface area contributed by atoms with Crippen LogP contribution >= 0.6 is 0 Å². The van der Waals surface area contributed by atoms with Gasteiger partial charge in [0.1, 0.15) is 0 Å². The van der Waals surface area contributed by atoms with Crippen LogP contribution in [0.3, 0.4) is 0 Å². The Labute approximate surface area is 160 Å². The van der Waals surface area contributed by atoms with Gasteiger partial charge in [0.2, 0.25) is 0 Å². The van der Waals surface area contributed by atoms with Crippen LogP contribution in [-0.4, -0.2) is 0 Å². The van der Waals surface area contributed by atoms with Gasteiger partial charge in [0.25, 0.3) is 0 Å². The standard InChI is InChI=1S/C26H34/c1-4-5-6-21-7-11-23(12-8-21)25-15-17-26(18-16-25)24-13-9-22(10-14-24)19-20(2)3/h9-10,13-19,21,23H,4-8,11-12H2,1-3H3. The summed E-state index contributed by atoms with van der Waals surface area (Å²) >= 11 is 0. The van der Waals surface area contributed by atoms with Gasteiger partial charge < -0.3 is 0 Å². The molecule has 0 saturated heterocycles. The van der Waals surface area contributed by atoms with Crippen molar-refractivity contribution >= 4 is 6.08 Å². The Morgan fingerprint density at radius 3 is 1.96 bits per heavy atom. The molecule has 0 unspecified atom stereocenters. The van der Waals surface area contributed by atoms with Crippen LogP contribution in [0.4, 0.5) is 0 Å². The Hall–Kier alpha value is -1.82. The smallest absolute Gasteiger partial charge is 0.0162 e. The van der Waals surface area contributed by atoms with Crippen molar-refractivity contribution in [1.29, 1.82) is 0 Å². The van der Waals surface area contributed by atoms with Crippen LogP contribution in [0.1, 0.15) is 82.8 Å². The van der Waals surface area contributed by atoms with E-state index in [0.29, 0.717) is 0 Å². The van der Waals surface area contributed by atoms with Crippen molar-refractivity contribution in [2.75, 3.05) is 0 Å². The maximum absolute atomic E-state index is 2.37. The molecule has 0 aromatic heterocycles. The summed E-state index contributed by atoms with van der Waals surface area (Å²) < 4.78 is 0. The van der Waals surface area contributed by atoms with Crippen molar-refractivity contribution < 1.29 is 0 Å². The zero-order valence-corrected chi connectivity index (χ0v) is 16.8. The average Bonchev–Trinajstić information content (AvgIpc) is 2.67. The number of allylic oxidation sites excluding steroid dienone is 1. The lowest BCUT2D eigenvalue weighted by Gasteiger charge is -2.29. The van der Waals surface area contributed by atoms with Crippen LogP contribution in [0.5, 0.6) is 0 Å². The first-order valence-electron chi connectivity index (χ1n) is 10.5. The first-order chi connectivity index (χ1) is 12.7. The Morgan fingerprint density at radius 2 is 1.42 bits per heavy atom. The second kappa shape index (κ2) is 9.21. The molecule has 0 amide bonds. The highest BCUT2D eigenvalue weighted by atomic mass is 14.3. The van der Waals surface area contributed by atoms with Gasteiger partial charge in [-0.1, -0.05) is 86.4 Å². The Kier molecular flexibility index (Phi) is 6.72. The van der Waals surface area contributed by atoms with Crippen molar-refractivity contribution in [3.05, 3.63) is 65.2 Å². The number of rotatable bonds is 6. The normalized spacial score (nSPS) is 20.0. The summed E-state index contributed by atoms with van der Waals surface area (Å²) in [4.78, 5) is 0. The lowest BCUT2D eigenvalue weighted by Crippen LogP contribution is -2.13. The molecule has 1 fully saturated rings. The van der Waals surface area contributed by atoms with Crippen LogP contribution in [0.25, 0.3) is 17.2 Å². The molecule has 0 heteroatoms. The van der Waals surface area contributed by atoms with Crippen LogP contribution in [0.15, 0.2) is 54.1 Å². The molecular formula is C26H34. The van der Waals surface area contributed by atoms with E-state index in [-0.39, 0.29) is 0 Å². The fourth-order valence-corrected chi connectivity index (χ4v) is 4.33. The minimum atomic E-state index is 0.780. The molecular weight excluding hydrogens is 312 g/mol. The fourth-order valence-electron chi connectivity index (χ4n) is 4.33. The van der Waals surface area contributed by atoms with Gasteiger partial charge in [-0.05, 0) is 73.6 Å². The van der Waals surface area contributed by atoms with E-state index in [9.17, 15) is 0 Å². The molecule has 3 rings (SSSR count). The molecule has 26 heavy (non-hydrogen) atoms. The monoisotopic (exact) mass is 346 g/mol. The molecule has 1 aliphatic carbocycles. The molecule has 0 N–H and O–H groups in total. The lowest BCUT2D eigenvalue weighted by molar-refractivity contribution is 0.304. The molecule has 1 aliphatic rings. The SMILES string of the molecule is CCCCC1CCC(c2ccc(-c3ccc(C=C(C)C)cc3)cc2)CC1. The predicted octanol–water partition coefficient (Wildman–Crippen LogP) is 8.24. The molecule has 0 bridgehead atoms. The van der Waals surface area contributed by atoms with Crippen LogP contribution in [0.2, 0.25) is 0 Å². The van der Waals surface area contributed by atoms with E-state index >= 15 is 0 Å². The molecule has 0 aliphatic heterocycles. The van der Waals surface area contributed by atoms with E-state index in [0.717, 1.165) is 11.8 Å². The summed E-state index contributed by atoms with van der Waals surface area (Å²) in [5, 5.41) is 0. The molecule has 0 atom stereocenters. The first kappa shape index (κ1) is 19.0. The topological polar surface area (TPSA) is 0 Å². The minimum absolute atomic E-state index is 0.780. The third-order valence-corrected chi connectivity index (χ3v) is 5.89. The van der Waals surface area contributed by atoms with Gasteiger partial charge in [-0.25, -0.2) is 0 Å². The average molecular weight is 347 g/mol. The quantitative estimate of drug-likeness (QED) is 0.494. The molecule has 2 aromatic carbocycles. The highest BCUT2D eigenvalue weighted by Gasteiger charge is 2.21. The molecule has 138 valence electrons. The second-order valence-corrected chi connectivity index (χ2v) is 8.33. The van der Waals surface area contributed by atoms with E-state index in [2.05, 4.69) is 75.4 Å². The molecule has 1 saturated carbocycles. The van der Waals surface area contributed by atoms with Gasteiger partial charge in [-0.2, -0.15) is 0 Å². The van der Waals surface area contributed by atoms with Gasteiger partial charge in [0.15, 0.2) is 0 Å². The fraction of sp³-hybridized carbons (Fsp3) is 0.462. The molecule has 0 radical (unpaired) electrons. The second-order valence-electron chi connectivity index (χ2n) is 8.33. The third kappa shape index (κ3) is 5.10. The van der Waals surface area contributed by atoms with Crippen LogP contribution < -0.4 is 0 Å². The first-order valence-corrected chi connectivity index (χ1v) is 10.5. The Balaban J connectivity index is 1.61. The highest BCUT2D eigenvalue weighted by Crippen LogP contribution is 2.38. The maximum Gasteiger partial charge on any atom is -0.0162 e. The third-order valence-electron chi connectivity index (χ3n) is 5.89.